The smallest absolute Gasteiger partial charge is 0.0645 e. The van der Waals surface area contributed by atoms with Crippen molar-refractivity contribution in [3.63, 3.8) is 0 Å². The van der Waals surface area contributed by atoms with Crippen molar-refractivity contribution in [2.24, 2.45) is 0 Å². The zero-order chi connectivity index (χ0) is 47.5. The van der Waals surface area contributed by atoms with Crippen molar-refractivity contribution in [1.82, 2.24) is 0 Å². The van der Waals surface area contributed by atoms with E-state index in [9.17, 15) is 11.0 Å². The van der Waals surface area contributed by atoms with E-state index in [1.165, 1.54) is 4.90 Å². The Balaban J connectivity index is 1.13. The van der Waals surface area contributed by atoms with E-state index in [2.05, 4.69) is 30.3 Å². The molecule has 0 aromatic heterocycles. The first-order valence-corrected chi connectivity index (χ1v) is 20.4. The van der Waals surface area contributed by atoms with Crippen LogP contribution in [0.4, 0.5) is 17.1 Å². The first kappa shape index (κ1) is 28.4. The molecule has 11 aromatic carbocycles. The quantitative estimate of drug-likeness (QED) is 0.139. The lowest BCUT2D eigenvalue weighted by atomic mass is 9.90. The van der Waals surface area contributed by atoms with Crippen LogP contribution in [0.5, 0.6) is 0 Å². The summed E-state index contributed by atoms with van der Waals surface area (Å²) in [5.41, 5.74) is 6.54. The van der Waals surface area contributed by atoms with Crippen molar-refractivity contribution in [2.75, 3.05) is 4.90 Å². The molecule has 0 heterocycles. The number of fused-ring (bicyclic) bond motifs is 4. The fourth-order valence-corrected chi connectivity index (χ4v) is 8.42. The molecule has 0 bridgehead atoms. The molecule has 286 valence electrons. The zero-order valence-corrected chi connectivity index (χ0v) is 33.0. The molecule has 61 heavy (non-hydrogen) atoms. The lowest BCUT2D eigenvalue weighted by molar-refractivity contribution is 1.28. The SMILES string of the molecule is [2H]c1c([2H])c(N(c2ccc(-c3cc4ccccc4c4ccccc34)cc2)c2c([2H])c([2H])c(-c3ccc4ccccc4c3-c3ccccc3)c([2H])c2[2H])c([2H])c([2H])c1-c1ccc(-c2ccccc2)cc1. The van der Waals surface area contributed by atoms with Crippen molar-refractivity contribution in [2.45, 2.75) is 0 Å². The van der Waals surface area contributed by atoms with Gasteiger partial charge in [0.15, 0.2) is 0 Å². The normalized spacial score (nSPS) is 13.1. The highest BCUT2D eigenvalue weighted by Crippen LogP contribution is 2.42. The summed E-state index contributed by atoms with van der Waals surface area (Å²) >= 11 is 0. The van der Waals surface area contributed by atoms with Gasteiger partial charge in [-0.25, -0.2) is 0 Å². The van der Waals surface area contributed by atoms with E-state index in [-0.39, 0.29) is 46.7 Å². The van der Waals surface area contributed by atoms with Gasteiger partial charge < -0.3 is 4.90 Å². The fraction of sp³-hybridized carbons (Fsp3) is 0. The largest absolute Gasteiger partial charge is 0.311 e. The maximum atomic E-state index is 9.80. The summed E-state index contributed by atoms with van der Waals surface area (Å²) in [4.78, 5) is 1.37. The van der Waals surface area contributed by atoms with Gasteiger partial charge in [0.2, 0.25) is 0 Å². The van der Waals surface area contributed by atoms with Crippen LogP contribution in [0.15, 0.2) is 249 Å². The lowest BCUT2D eigenvalue weighted by Crippen LogP contribution is -2.09. The van der Waals surface area contributed by atoms with E-state index in [0.717, 1.165) is 65.7 Å². The van der Waals surface area contributed by atoms with Crippen LogP contribution < -0.4 is 4.90 Å². The first-order chi connectivity index (χ1) is 33.6. The minimum atomic E-state index is -0.403. The molecule has 0 atom stereocenters. The lowest BCUT2D eigenvalue weighted by Gasteiger charge is -2.26. The Bertz CT molecular complexity index is 3740. The molecule has 0 amide bonds. The number of anilines is 3. The molecule has 0 fully saturated rings. The number of hydrogen-bond donors (Lipinski definition) is 0. The summed E-state index contributed by atoms with van der Waals surface area (Å²) in [6, 6.07) is 61.6. The van der Waals surface area contributed by atoms with E-state index < -0.39 is 24.2 Å². The third-order valence-corrected chi connectivity index (χ3v) is 11.4. The molecule has 11 aromatic rings. The second-order valence-corrected chi connectivity index (χ2v) is 15.0. The Kier molecular flexibility index (Phi) is 7.29. The average Bonchev–Trinajstić information content (AvgIpc) is 3.40. The molecule has 0 spiro atoms. The third-order valence-electron chi connectivity index (χ3n) is 11.4. The van der Waals surface area contributed by atoms with E-state index in [1.54, 1.807) is 24.3 Å². The predicted molar refractivity (Wildman–Crippen MR) is 261 cm³/mol. The van der Waals surface area contributed by atoms with Crippen LogP contribution in [0.2, 0.25) is 0 Å². The molecule has 1 nitrogen and oxygen atoms in total. The van der Waals surface area contributed by atoms with Crippen molar-refractivity contribution in [1.29, 1.82) is 0 Å². The second-order valence-electron chi connectivity index (χ2n) is 15.0. The number of nitrogens with zero attached hydrogens (tertiary/aromatic N) is 1. The highest BCUT2D eigenvalue weighted by atomic mass is 15.1. The van der Waals surface area contributed by atoms with Crippen LogP contribution in [0, 0.1) is 0 Å². The second kappa shape index (κ2) is 15.6. The predicted octanol–water partition coefficient (Wildman–Crippen LogP) is 17.0. The standard InChI is InChI=1S/C60H41N/c1-3-13-42(14-4-1)43-23-25-44(26-24-43)45-27-34-51(35-28-45)61(53-38-31-48(32-39-53)59-41-50-18-8-9-19-54(50)57-21-11-12-22-58(57)59)52-36-29-47(30-37-52)56-40-33-46-15-7-10-20-55(46)60(56)49-16-5-2-6-17-49/h1-41H/i27D,28D,29D,30D,34D,35D,36D,37D. The van der Waals surface area contributed by atoms with E-state index >= 15 is 0 Å². The van der Waals surface area contributed by atoms with Gasteiger partial charge in [-0.2, -0.15) is 0 Å². The summed E-state index contributed by atoms with van der Waals surface area (Å²) in [6.45, 7) is 0. The molecule has 1 heteroatoms. The minimum Gasteiger partial charge on any atom is -0.311 e. The van der Waals surface area contributed by atoms with Gasteiger partial charge >= 0.3 is 0 Å². The molecule has 0 N–H and O–H groups in total. The molecular formula is C60H41N. The van der Waals surface area contributed by atoms with E-state index in [1.807, 2.05) is 146 Å². The molecule has 11 rings (SSSR count). The molecule has 0 aliphatic carbocycles. The highest BCUT2D eigenvalue weighted by molar-refractivity contribution is 6.14. The number of hydrogen-bond acceptors (Lipinski definition) is 1. The molecule has 0 unspecified atom stereocenters. The fourth-order valence-electron chi connectivity index (χ4n) is 8.42. The Morgan fingerprint density at radius 3 is 1.39 bits per heavy atom. The van der Waals surface area contributed by atoms with Crippen LogP contribution in [-0.2, 0) is 0 Å². The molecule has 0 saturated carbocycles. The van der Waals surface area contributed by atoms with Gasteiger partial charge in [0.05, 0.1) is 11.0 Å². The average molecular weight is 784 g/mol. The van der Waals surface area contributed by atoms with Gasteiger partial charge in [0.25, 0.3) is 0 Å². The summed E-state index contributed by atoms with van der Waals surface area (Å²) in [5, 5.41) is 6.19. The Hall–Kier alpha value is -8.00. The summed E-state index contributed by atoms with van der Waals surface area (Å²) in [7, 11) is 0. The Labute approximate surface area is 368 Å². The van der Waals surface area contributed by atoms with Crippen molar-refractivity contribution < 1.29 is 11.0 Å². The maximum Gasteiger partial charge on any atom is 0.0645 e. The monoisotopic (exact) mass is 783 g/mol. The van der Waals surface area contributed by atoms with Crippen LogP contribution in [0.25, 0.3) is 88.0 Å². The Morgan fingerprint density at radius 1 is 0.262 bits per heavy atom. The highest BCUT2D eigenvalue weighted by Gasteiger charge is 2.17. The molecular weight excluding hydrogens is 735 g/mol. The van der Waals surface area contributed by atoms with Gasteiger partial charge in [0.1, 0.15) is 0 Å². The topological polar surface area (TPSA) is 3.24 Å². The molecule has 0 radical (unpaired) electrons. The van der Waals surface area contributed by atoms with Crippen molar-refractivity contribution >= 4 is 49.4 Å². The van der Waals surface area contributed by atoms with Gasteiger partial charge in [-0.1, -0.05) is 206 Å². The first-order valence-electron chi connectivity index (χ1n) is 24.4. The third kappa shape index (κ3) is 6.83. The van der Waals surface area contributed by atoms with E-state index in [4.69, 9.17) is 0 Å². The van der Waals surface area contributed by atoms with Gasteiger partial charge in [-0.05, 0) is 130 Å². The number of rotatable bonds is 8. The van der Waals surface area contributed by atoms with Crippen LogP contribution in [0.3, 0.4) is 0 Å². The summed E-state index contributed by atoms with van der Waals surface area (Å²) in [5.74, 6) is 0. The van der Waals surface area contributed by atoms with Crippen LogP contribution in [-0.4, -0.2) is 0 Å². The Morgan fingerprint density at radius 2 is 0.738 bits per heavy atom. The van der Waals surface area contributed by atoms with Crippen molar-refractivity contribution in [3.8, 4) is 55.6 Å². The molecule has 0 saturated heterocycles. The zero-order valence-electron chi connectivity index (χ0n) is 41.0. The van der Waals surface area contributed by atoms with Gasteiger partial charge in [-0.15, -0.1) is 0 Å². The van der Waals surface area contributed by atoms with E-state index in [0.29, 0.717) is 16.8 Å². The van der Waals surface area contributed by atoms with Crippen LogP contribution in [0.1, 0.15) is 11.0 Å². The molecule has 0 aliphatic heterocycles. The van der Waals surface area contributed by atoms with Gasteiger partial charge in [0, 0.05) is 17.1 Å². The van der Waals surface area contributed by atoms with Crippen molar-refractivity contribution in [3.05, 3.63) is 249 Å². The summed E-state index contributed by atoms with van der Waals surface area (Å²) in [6.07, 6.45) is 0. The maximum absolute atomic E-state index is 9.80. The minimum absolute atomic E-state index is 0.102. The molecule has 0 aliphatic rings. The van der Waals surface area contributed by atoms with Gasteiger partial charge in [-0.3, -0.25) is 0 Å². The number of benzene rings is 11. The van der Waals surface area contributed by atoms with Crippen LogP contribution >= 0.6 is 0 Å². The summed E-state index contributed by atoms with van der Waals surface area (Å²) < 4.78 is 77.3.